The Morgan fingerprint density at radius 1 is 1.16 bits per heavy atom. The van der Waals surface area contributed by atoms with Gasteiger partial charge in [0.15, 0.2) is 5.78 Å². The second kappa shape index (κ2) is 7.10. The van der Waals surface area contributed by atoms with Gasteiger partial charge in [-0.3, -0.25) is 9.59 Å². The van der Waals surface area contributed by atoms with E-state index >= 15 is 0 Å². The minimum atomic E-state index is -0.230. The van der Waals surface area contributed by atoms with E-state index in [9.17, 15) is 9.59 Å². The van der Waals surface area contributed by atoms with E-state index in [0.29, 0.717) is 18.1 Å². The van der Waals surface area contributed by atoms with Crippen molar-refractivity contribution in [3.05, 3.63) is 40.4 Å². The number of carbonyl (C=O) groups is 2. The maximum Gasteiger partial charge on any atom is 0.257 e. The number of Topliss-reactive ketones (excluding diaryl/α,β-unsaturated/α-hetero) is 1. The van der Waals surface area contributed by atoms with Crippen LogP contribution in [0.2, 0.25) is 5.02 Å². The van der Waals surface area contributed by atoms with Gasteiger partial charge in [-0.05, 0) is 44.5 Å². The van der Waals surface area contributed by atoms with Crippen molar-refractivity contribution < 1.29 is 9.59 Å². The molecule has 0 spiro atoms. The predicted molar refractivity (Wildman–Crippen MR) is 78.0 cm³/mol. The summed E-state index contributed by atoms with van der Waals surface area (Å²) in [7, 11) is 0. The first-order valence-electron chi connectivity index (χ1n) is 6.27. The Labute approximate surface area is 118 Å². The Hall–Kier alpha value is -1.61. The van der Waals surface area contributed by atoms with Gasteiger partial charge >= 0.3 is 0 Å². The van der Waals surface area contributed by atoms with Gasteiger partial charge in [0.05, 0.1) is 5.57 Å². The monoisotopic (exact) mass is 279 g/mol. The summed E-state index contributed by atoms with van der Waals surface area (Å²) in [5.41, 5.74) is 0.987. The number of benzene rings is 1. The smallest absolute Gasteiger partial charge is 0.257 e. The van der Waals surface area contributed by atoms with Crippen LogP contribution in [0.3, 0.4) is 0 Å². The van der Waals surface area contributed by atoms with Crippen molar-refractivity contribution in [1.29, 1.82) is 0 Å². The normalized spacial score (nSPS) is 11.3. The summed E-state index contributed by atoms with van der Waals surface area (Å²) in [5, 5.41) is 0.622. The first kappa shape index (κ1) is 15.4. The molecule has 19 heavy (non-hydrogen) atoms. The molecule has 102 valence electrons. The number of likely N-dealkylation sites (N-methyl/N-ethyl adjacent to an activating group) is 1. The van der Waals surface area contributed by atoms with Crippen molar-refractivity contribution in [2.24, 2.45) is 0 Å². The van der Waals surface area contributed by atoms with E-state index in [-0.39, 0.29) is 17.3 Å². The Morgan fingerprint density at radius 3 is 2.11 bits per heavy atom. The van der Waals surface area contributed by atoms with Crippen LogP contribution in [0.15, 0.2) is 29.8 Å². The van der Waals surface area contributed by atoms with Gasteiger partial charge in [-0.15, -0.1) is 0 Å². The summed E-state index contributed by atoms with van der Waals surface area (Å²) in [4.78, 5) is 25.5. The maximum atomic E-state index is 12.2. The van der Waals surface area contributed by atoms with Crippen molar-refractivity contribution in [3.8, 4) is 0 Å². The lowest BCUT2D eigenvalue weighted by molar-refractivity contribution is -0.128. The third-order valence-electron chi connectivity index (χ3n) is 2.84. The first-order valence-corrected chi connectivity index (χ1v) is 6.64. The predicted octanol–water partition coefficient (Wildman–Crippen LogP) is 3.18. The number of ketones is 1. The van der Waals surface area contributed by atoms with Crippen LogP contribution < -0.4 is 0 Å². The van der Waals surface area contributed by atoms with Crippen LogP contribution in [0.4, 0.5) is 0 Å². The van der Waals surface area contributed by atoms with Gasteiger partial charge in [0.2, 0.25) is 0 Å². The zero-order valence-corrected chi connectivity index (χ0v) is 12.2. The van der Waals surface area contributed by atoms with Crippen molar-refractivity contribution in [2.45, 2.75) is 20.8 Å². The van der Waals surface area contributed by atoms with Crippen LogP contribution >= 0.6 is 11.6 Å². The number of hydrogen-bond acceptors (Lipinski definition) is 2. The van der Waals surface area contributed by atoms with E-state index in [1.165, 1.54) is 6.92 Å². The number of nitrogens with zero attached hydrogens (tertiary/aromatic N) is 1. The molecule has 0 aliphatic heterocycles. The molecule has 4 heteroatoms. The minimum Gasteiger partial charge on any atom is -0.339 e. The molecule has 0 unspecified atom stereocenters. The van der Waals surface area contributed by atoms with Gasteiger partial charge in [0, 0.05) is 18.1 Å². The number of carbonyl (C=O) groups excluding carboxylic acids is 2. The Kier molecular flexibility index (Phi) is 5.77. The van der Waals surface area contributed by atoms with Crippen LogP contribution in [0.5, 0.6) is 0 Å². The minimum absolute atomic E-state index is 0.200. The molecular formula is C15H18ClNO2. The molecule has 1 aromatic rings. The third kappa shape index (κ3) is 4.21. The van der Waals surface area contributed by atoms with Crippen LogP contribution in [0, 0.1) is 0 Å². The average Bonchev–Trinajstić information content (AvgIpc) is 2.38. The fourth-order valence-electron chi connectivity index (χ4n) is 1.72. The molecule has 0 radical (unpaired) electrons. The topological polar surface area (TPSA) is 37.4 Å². The van der Waals surface area contributed by atoms with E-state index in [4.69, 9.17) is 11.6 Å². The molecule has 0 atom stereocenters. The highest BCUT2D eigenvalue weighted by Gasteiger charge is 2.19. The molecule has 0 bridgehead atoms. The van der Waals surface area contributed by atoms with Crippen molar-refractivity contribution >= 4 is 29.4 Å². The lowest BCUT2D eigenvalue weighted by atomic mass is 10.1. The number of amides is 1. The van der Waals surface area contributed by atoms with Gasteiger partial charge < -0.3 is 4.90 Å². The zero-order valence-electron chi connectivity index (χ0n) is 11.4. The van der Waals surface area contributed by atoms with E-state index in [1.54, 1.807) is 35.2 Å². The Morgan fingerprint density at radius 2 is 1.68 bits per heavy atom. The standard InChI is InChI=1S/C15H18ClNO2/c1-4-17(5-2)15(19)14(11(3)18)10-12-6-8-13(16)9-7-12/h6-10H,4-5H2,1-3H3. The molecule has 0 saturated heterocycles. The molecule has 1 rings (SSSR count). The van der Waals surface area contributed by atoms with Crippen molar-refractivity contribution in [2.75, 3.05) is 13.1 Å². The summed E-state index contributed by atoms with van der Waals surface area (Å²) >= 11 is 5.81. The number of rotatable bonds is 5. The van der Waals surface area contributed by atoms with Crippen LogP contribution in [0.25, 0.3) is 6.08 Å². The number of hydrogen-bond donors (Lipinski definition) is 0. The van der Waals surface area contributed by atoms with Gasteiger partial charge in [0.25, 0.3) is 5.91 Å². The summed E-state index contributed by atoms with van der Waals surface area (Å²) in [6, 6.07) is 7.02. The van der Waals surface area contributed by atoms with Gasteiger partial charge in [-0.2, -0.15) is 0 Å². The van der Waals surface area contributed by atoms with E-state index < -0.39 is 0 Å². The second-order valence-corrected chi connectivity index (χ2v) is 4.58. The highest BCUT2D eigenvalue weighted by molar-refractivity contribution is 6.30. The van der Waals surface area contributed by atoms with Crippen LogP contribution in [-0.4, -0.2) is 29.7 Å². The van der Waals surface area contributed by atoms with Crippen LogP contribution in [-0.2, 0) is 9.59 Å². The maximum absolute atomic E-state index is 12.2. The van der Waals surface area contributed by atoms with Gasteiger partial charge in [-0.1, -0.05) is 23.7 Å². The van der Waals surface area contributed by atoms with Crippen molar-refractivity contribution in [3.63, 3.8) is 0 Å². The lowest BCUT2D eigenvalue weighted by Gasteiger charge is -2.19. The molecule has 3 nitrogen and oxygen atoms in total. The van der Waals surface area contributed by atoms with Gasteiger partial charge in [0.1, 0.15) is 0 Å². The Bertz CT molecular complexity index is 487. The van der Waals surface area contributed by atoms with E-state index in [0.717, 1.165) is 5.56 Å². The second-order valence-electron chi connectivity index (χ2n) is 4.14. The number of halogens is 1. The molecule has 0 aliphatic rings. The molecule has 0 aromatic heterocycles. The highest BCUT2D eigenvalue weighted by atomic mass is 35.5. The summed E-state index contributed by atoms with van der Waals surface area (Å²) in [6.45, 7) is 6.35. The lowest BCUT2D eigenvalue weighted by Crippen LogP contribution is -2.33. The quantitative estimate of drug-likeness (QED) is 0.472. The summed E-state index contributed by atoms with van der Waals surface area (Å²) in [5.74, 6) is -0.459. The van der Waals surface area contributed by atoms with Crippen LogP contribution in [0.1, 0.15) is 26.3 Å². The average molecular weight is 280 g/mol. The molecule has 0 saturated carbocycles. The largest absolute Gasteiger partial charge is 0.339 e. The van der Waals surface area contributed by atoms with Gasteiger partial charge in [-0.25, -0.2) is 0 Å². The summed E-state index contributed by atoms with van der Waals surface area (Å²) < 4.78 is 0. The van der Waals surface area contributed by atoms with E-state index in [2.05, 4.69) is 0 Å². The fraction of sp³-hybridized carbons (Fsp3) is 0.333. The molecule has 0 N–H and O–H groups in total. The first-order chi connectivity index (χ1) is 8.99. The fourth-order valence-corrected chi connectivity index (χ4v) is 1.85. The highest BCUT2D eigenvalue weighted by Crippen LogP contribution is 2.14. The molecule has 0 fully saturated rings. The molecule has 1 amide bonds. The third-order valence-corrected chi connectivity index (χ3v) is 3.09. The molecule has 1 aromatic carbocycles. The molecular weight excluding hydrogens is 262 g/mol. The summed E-state index contributed by atoms with van der Waals surface area (Å²) in [6.07, 6.45) is 1.61. The molecule has 0 aliphatic carbocycles. The SMILES string of the molecule is CCN(CC)C(=O)C(=Cc1ccc(Cl)cc1)C(C)=O. The zero-order chi connectivity index (χ0) is 14.4. The molecule has 0 heterocycles. The van der Waals surface area contributed by atoms with E-state index in [1.807, 2.05) is 13.8 Å². The van der Waals surface area contributed by atoms with Crippen molar-refractivity contribution in [1.82, 2.24) is 4.90 Å². The Balaban J connectivity index is 3.10.